The van der Waals surface area contributed by atoms with Gasteiger partial charge in [-0.2, -0.15) is 4.31 Å². The van der Waals surface area contributed by atoms with Gasteiger partial charge in [-0.3, -0.25) is 4.79 Å². The topological polar surface area (TPSA) is 75.5 Å². The van der Waals surface area contributed by atoms with E-state index in [-0.39, 0.29) is 5.91 Å². The molecule has 1 amide bonds. The van der Waals surface area contributed by atoms with Gasteiger partial charge in [0, 0.05) is 46.1 Å². The van der Waals surface area contributed by atoms with Gasteiger partial charge in [-0.25, -0.2) is 13.4 Å². The third-order valence-electron chi connectivity index (χ3n) is 6.17. The molecule has 1 aromatic carbocycles. The lowest BCUT2D eigenvalue weighted by Crippen LogP contribution is -2.35. The number of fused-ring (bicyclic) bond motifs is 1. The first-order chi connectivity index (χ1) is 14.0. The van der Waals surface area contributed by atoms with Crippen molar-refractivity contribution in [1.29, 1.82) is 0 Å². The zero-order valence-electron chi connectivity index (χ0n) is 17.1. The van der Waals surface area contributed by atoms with Crippen LogP contribution in [-0.4, -0.2) is 59.3 Å². The number of aromatic nitrogens is 2. The summed E-state index contributed by atoms with van der Waals surface area (Å²) in [6.45, 7) is 2.90. The van der Waals surface area contributed by atoms with E-state index in [4.69, 9.17) is 0 Å². The number of likely N-dealkylation sites (tertiary alicyclic amines) is 1. The van der Waals surface area contributed by atoms with Gasteiger partial charge in [0.05, 0.1) is 15.9 Å². The molecule has 0 atom stereocenters. The molecule has 4 rings (SSSR count). The lowest BCUT2D eigenvalue weighted by atomic mass is 10.1. The van der Waals surface area contributed by atoms with Gasteiger partial charge in [0.2, 0.25) is 15.9 Å². The summed E-state index contributed by atoms with van der Waals surface area (Å²) < 4.78 is 29.5. The predicted octanol–water partition coefficient (Wildman–Crippen LogP) is 2.69. The summed E-state index contributed by atoms with van der Waals surface area (Å²) in [4.78, 5) is 19.4. The van der Waals surface area contributed by atoms with Crippen molar-refractivity contribution in [2.45, 2.75) is 56.3 Å². The van der Waals surface area contributed by atoms with Crippen LogP contribution in [0.4, 0.5) is 0 Å². The quantitative estimate of drug-likeness (QED) is 0.748. The summed E-state index contributed by atoms with van der Waals surface area (Å²) in [5.74, 6) is 1.00. The molecule has 158 valence electrons. The highest BCUT2D eigenvalue weighted by atomic mass is 32.2. The van der Waals surface area contributed by atoms with E-state index in [2.05, 4.69) is 4.98 Å². The SMILES string of the molecule is Cn1c(CCC(=O)N2CCCCC2)nc2cc(S(=O)(=O)N3CCCCC3)ccc21. The molecule has 29 heavy (non-hydrogen) atoms. The number of carbonyl (C=O) groups is 1. The van der Waals surface area contributed by atoms with Crippen LogP contribution in [0.2, 0.25) is 0 Å². The summed E-state index contributed by atoms with van der Waals surface area (Å²) >= 11 is 0. The molecular formula is C21H30N4O3S. The van der Waals surface area contributed by atoms with Crippen molar-refractivity contribution in [3.63, 3.8) is 0 Å². The number of hydrogen-bond donors (Lipinski definition) is 0. The maximum Gasteiger partial charge on any atom is 0.243 e. The second-order valence-electron chi connectivity index (χ2n) is 8.14. The number of piperidine rings is 2. The average Bonchev–Trinajstić information content (AvgIpc) is 3.08. The molecule has 0 saturated carbocycles. The molecule has 0 bridgehead atoms. The number of sulfonamides is 1. The van der Waals surface area contributed by atoms with Crippen molar-refractivity contribution in [2.75, 3.05) is 26.2 Å². The fraction of sp³-hybridized carbons (Fsp3) is 0.619. The molecule has 3 heterocycles. The van der Waals surface area contributed by atoms with Crippen molar-refractivity contribution in [3.05, 3.63) is 24.0 Å². The van der Waals surface area contributed by atoms with Gasteiger partial charge in [0.15, 0.2) is 0 Å². The Labute approximate surface area is 172 Å². The standard InChI is InChI=1S/C21H30N4O3S/c1-23-19-9-8-17(29(27,28)25-14-6-3-7-15-25)16-18(19)22-20(23)10-11-21(26)24-12-4-2-5-13-24/h8-9,16H,2-7,10-15H2,1H3. The van der Waals surface area contributed by atoms with Gasteiger partial charge < -0.3 is 9.47 Å². The molecule has 7 nitrogen and oxygen atoms in total. The van der Waals surface area contributed by atoms with E-state index in [1.165, 1.54) is 6.42 Å². The number of nitrogens with zero attached hydrogens (tertiary/aromatic N) is 4. The second kappa shape index (κ2) is 8.44. The zero-order valence-corrected chi connectivity index (χ0v) is 18.0. The Kier molecular flexibility index (Phi) is 5.92. The van der Waals surface area contributed by atoms with Gasteiger partial charge in [-0.05, 0) is 50.3 Å². The molecule has 8 heteroatoms. The number of hydrogen-bond acceptors (Lipinski definition) is 4. The first-order valence-corrected chi connectivity index (χ1v) is 12.1. The molecule has 0 unspecified atom stereocenters. The molecule has 1 aromatic heterocycles. The molecule has 2 saturated heterocycles. The van der Waals surface area contributed by atoms with E-state index in [1.807, 2.05) is 22.6 Å². The van der Waals surface area contributed by atoms with Gasteiger partial charge in [0.25, 0.3) is 0 Å². The lowest BCUT2D eigenvalue weighted by molar-refractivity contribution is -0.132. The largest absolute Gasteiger partial charge is 0.343 e. The first-order valence-electron chi connectivity index (χ1n) is 10.7. The van der Waals surface area contributed by atoms with Crippen molar-refractivity contribution in [2.24, 2.45) is 7.05 Å². The molecular weight excluding hydrogens is 388 g/mol. The number of amides is 1. The average molecular weight is 419 g/mol. The van der Waals surface area contributed by atoms with Gasteiger partial charge in [-0.1, -0.05) is 6.42 Å². The third-order valence-corrected chi connectivity index (χ3v) is 8.06. The Hall–Kier alpha value is -1.93. The van der Waals surface area contributed by atoms with Crippen LogP contribution in [0.25, 0.3) is 11.0 Å². The van der Waals surface area contributed by atoms with Crippen LogP contribution in [0, 0.1) is 0 Å². The van der Waals surface area contributed by atoms with E-state index >= 15 is 0 Å². The Morgan fingerprint density at radius 2 is 1.66 bits per heavy atom. The van der Waals surface area contributed by atoms with Crippen LogP contribution in [-0.2, 0) is 28.3 Å². The number of benzene rings is 1. The summed E-state index contributed by atoms with van der Waals surface area (Å²) in [6, 6.07) is 5.18. The molecule has 2 aliphatic rings. The van der Waals surface area contributed by atoms with Crippen LogP contribution < -0.4 is 0 Å². The molecule has 0 spiro atoms. The highest BCUT2D eigenvalue weighted by Crippen LogP contribution is 2.25. The van der Waals surface area contributed by atoms with E-state index < -0.39 is 10.0 Å². The van der Waals surface area contributed by atoms with Gasteiger partial charge >= 0.3 is 0 Å². The highest BCUT2D eigenvalue weighted by Gasteiger charge is 2.26. The van der Waals surface area contributed by atoms with Crippen molar-refractivity contribution in [3.8, 4) is 0 Å². The molecule has 2 aliphatic heterocycles. The number of aryl methyl sites for hydroxylation is 2. The summed E-state index contributed by atoms with van der Waals surface area (Å²) in [7, 11) is -1.55. The Balaban J connectivity index is 1.51. The lowest BCUT2D eigenvalue weighted by Gasteiger charge is -2.26. The molecule has 0 aliphatic carbocycles. The van der Waals surface area contributed by atoms with Crippen LogP contribution in [0.1, 0.15) is 50.8 Å². The fourth-order valence-corrected chi connectivity index (χ4v) is 5.93. The Bertz CT molecular complexity index is 987. The van der Waals surface area contributed by atoms with Crippen LogP contribution >= 0.6 is 0 Å². The Morgan fingerprint density at radius 1 is 1.00 bits per heavy atom. The first kappa shape index (κ1) is 20.3. The minimum Gasteiger partial charge on any atom is -0.343 e. The third kappa shape index (κ3) is 4.19. The van der Waals surface area contributed by atoms with E-state index in [0.29, 0.717) is 36.3 Å². The Morgan fingerprint density at radius 3 is 2.34 bits per heavy atom. The maximum absolute atomic E-state index is 13.0. The van der Waals surface area contributed by atoms with E-state index in [9.17, 15) is 13.2 Å². The predicted molar refractivity (Wildman–Crippen MR) is 112 cm³/mol. The number of carbonyl (C=O) groups excluding carboxylic acids is 1. The summed E-state index contributed by atoms with van der Waals surface area (Å²) in [5, 5.41) is 0. The molecule has 0 radical (unpaired) electrons. The van der Waals surface area contributed by atoms with Crippen LogP contribution in [0.5, 0.6) is 0 Å². The zero-order chi connectivity index (χ0) is 20.4. The van der Waals surface area contributed by atoms with Gasteiger partial charge in [0.1, 0.15) is 5.82 Å². The summed E-state index contributed by atoms with van der Waals surface area (Å²) in [6.07, 6.45) is 7.31. The minimum absolute atomic E-state index is 0.185. The van der Waals surface area contributed by atoms with Crippen LogP contribution in [0.15, 0.2) is 23.1 Å². The van der Waals surface area contributed by atoms with Crippen LogP contribution in [0.3, 0.4) is 0 Å². The molecule has 2 aromatic rings. The normalized spacial score (nSPS) is 19.0. The maximum atomic E-state index is 13.0. The van der Waals surface area contributed by atoms with Crippen molar-refractivity contribution >= 4 is 27.0 Å². The number of rotatable bonds is 5. The molecule has 2 fully saturated rings. The monoisotopic (exact) mass is 418 g/mol. The van der Waals surface area contributed by atoms with E-state index in [0.717, 1.165) is 56.5 Å². The second-order valence-corrected chi connectivity index (χ2v) is 10.1. The van der Waals surface area contributed by atoms with E-state index in [1.54, 1.807) is 16.4 Å². The summed E-state index contributed by atoms with van der Waals surface area (Å²) in [5.41, 5.74) is 1.56. The van der Waals surface area contributed by atoms with Crippen molar-refractivity contribution < 1.29 is 13.2 Å². The fourth-order valence-electron chi connectivity index (χ4n) is 4.39. The highest BCUT2D eigenvalue weighted by molar-refractivity contribution is 7.89. The number of imidazole rings is 1. The van der Waals surface area contributed by atoms with Gasteiger partial charge in [-0.15, -0.1) is 0 Å². The van der Waals surface area contributed by atoms with Crippen molar-refractivity contribution in [1.82, 2.24) is 18.8 Å². The molecule has 0 N–H and O–H groups in total. The smallest absolute Gasteiger partial charge is 0.243 e. The minimum atomic E-state index is -3.47.